The molecular weight excluding hydrogens is 252 g/mol. The summed E-state index contributed by atoms with van der Waals surface area (Å²) in [6.45, 7) is 0. The molecule has 2 rings (SSSR count). The molecule has 82 valence electrons. The minimum Gasteiger partial charge on any atom is -0.357 e. The largest absolute Gasteiger partial charge is 0.357 e. The van der Waals surface area contributed by atoms with Gasteiger partial charge in [-0.15, -0.1) is 0 Å². The molecular formula is C12H17BrN2. The molecule has 1 aromatic rings. The lowest BCUT2D eigenvalue weighted by Crippen LogP contribution is -2.29. The molecule has 2 nitrogen and oxygen atoms in total. The van der Waals surface area contributed by atoms with E-state index in [1.807, 2.05) is 6.20 Å². The van der Waals surface area contributed by atoms with Crippen LogP contribution in [0, 0.1) is 0 Å². The third-order valence-corrected chi connectivity index (χ3v) is 3.84. The Hall–Kier alpha value is -0.570. The van der Waals surface area contributed by atoms with Gasteiger partial charge in [-0.3, -0.25) is 0 Å². The summed E-state index contributed by atoms with van der Waals surface area (Å²) in [7, 11) is 2.16. The minimum absolute atomic E-state index is 0.701. The number of pyridine rings is 1. The van der Waals surface area contributed by atoms with Crippen molar-refractivity contribution in [2.45, 2.75) is 37.1 Å². The van der Waals surface area contributed by atoms with Crippen LogP contribution in [0.4, 0.5) is 5.82 Å². The van der Waals surface area contributed by atoms with Gasteiger partial charge < -0.3 is 4.90 Å². The number of hydrogen-bond donors (Lipinski definition) is 0. The topological polar surface area (TPSA) is 16.1 Å². The summed E-state index contributed by atoms with van der Waals surface area (Å²) < 4.78 is 0. The molecule has 0 atom stereocenters. The molecule has 1 aromatic heterocycles. The predicted octanol–water partition coefficient (Wildman–Crippen LogP) is 3.36. The van der Waals surface area contributed by atoms with E-state index < -0.39 is 0 Å². The molecule has 0 radical (unpaired) electrons. The average molecular weight is 269 g/mol. The fraction of sp³-hybridized carbons (Fsp3) is 0.583. The lowest BCUT2D eigenvalue weighted by atomic mass is 10.2. The van der Waals surface area contributed by atoms with Crippen molar-refractivity contribution >= 4 is 21.7 Å². The maximum absolute atomic E-state index is 4.49. The van der Waals surface area contributed by atoms with Crippen molar-refractivity contribution in [1.82, 2.24) is 4.98 Å². The van der Waals surface area contributed by atoms with Crippen LogP contribution in [0.25, 0.3) is 0 Å². The summed E-state index contributed by atoms with van der Waals surface area (Å²) in [6.07, 6.45) is 7.33. The highest BCUT2D eigenvalue weighted by atomic mass is 79.9. The van der Waals surface area contributed by atoms with Gasteiger partial charge >= 0.3 is 0 Å². The van der Waals surface area contributed by atoms with Gasteiger partial charge in [0.2, 0.25) is 0 Å². The highest BCUT2D eigenvalue weighted by Crippen LogP contribution is 2.25. The monoisotopic (exact) mass is 268 g/mol. The quantitative estimate of drug-likeness (QED) is 0.782. The molecule has 0 bridgehead atoms. The first-order chi connectivity index (χ1) is 7.31. The molecule has 0 aromatic carbocycles. The zero-order valence-electron chi connectivity index (χ0n) is 9.12. The van der Waals surface area contributed by atoms with Crippen LogP contribution in [-0.2, 0) is 5.33 Å². The van der Waals surface area contributed by atoms with Gasteiger partial charge in [-0.2, -0.15) is 0 Å². The first-order valence-corrected chi connectivity index (χ1v) is 6.67. The van der Waals surface area contributed by atoms with Crippen LogP contribution >= 0.6 is 15.9 Å². The van der Waals surface area contributed by atoms with E-state index in [0.29, 0.717) is 6.04 Å². The summed E-state index contributed by atoms with van der Waals surface area (Å²) in [4.78, 5) is 6.81. The van der Waals surface area contributed by atoms with E-state index in [1.54, 1.807) is 0 Å². The van der Waals surface area contributed by atoms with Gasteiger partial charge in [-0.25, -0.2) is 4.98 Å². The Morgan fingerprint density at radius 2 is 2.13 bits per heavy atom. The van der Waals surface area contributed by atoms with E-state index in [9.17, 15) is 0 Å². The Morgan fingerprint density at radius 3 is 2.67 bits per heavy atom. The Kier molecular flexibility index (Phi) is 3.62. The Bertz CT molecular complexity index is 304. The van der Waals surface area contributed by atoms with Crippen LogP contribution in [-0.4, -0.2) is 18.1 Å². The van der Waals surface area contributed by atoms with Crippen LogP contribution < -0.4 is 4.90 Å². The fourth-order valence-corrected chi connectivity index (χ4v) is 2.51. The molecule has 0 aliphatic heterocycles. The highest BCUT2D eigenvalue weighted by Gasteiger charge is 2.20. The summed E-state index contributed by atoms with van der Waals surface area (Å²) in [5.41, 5.74) is 1.23. The van der Waals surface area contributed by atoms with Gasteiger partial charge in [-0.05, 0) is 24.5 Å². The first-order valence-electron chi connectivity index (χ1n) is 5.55. The van der Waals surface area contributed by atoms with Crippen molar-refractivity contribution in [3.05, 3.63) is 23.9 Å². The zero-order valence-corrected chi connectivity index (χ0v) is 10.7. The minimum atomic E-state index is 0.701. The van der Waals surface area contributed by atoms with Crippen LogP contribution in [0.5, 0.6) is 0 Å². The molecule has 3 heteroatoms. The number of hydrogen-bond acceptors (Lipinski definition) is 2. The second-order valence-corrected chi connectivity index (χ2v) is 4.77. The van der Waals surface area contributed by atoms with E-state index in [-0.39, 0.29) is 0 Å². The number of nitrogens with zero attached hydrogens (tertiary/aromatic N) is 2. The normalized spacial score (nSPS) is 16.9. The lowest BCUT2D eigenvalue weighted by molar-refractivity contribution is 0.646. The van der Waals surface area contributed by atoms with Gasteiger partial charge in [0.05, 0.1) is 0 Å². The number of halogens is 1. The van der Waals surface area contributed by atoms with Crippen molar-refractivity contribution in [2.24, 2.45) is 0 Å². The molecule has 1 heterocycles. The SMILES string of the molecule is CN(c1ccc(CBr)cn1)C1CCCC1. The molecule has 0 N–H and O–H groups in total. The average Bonchev–Trinajstić information content (AvgIpc) is 2.82. The summed E-state index contributed by atoms with van der Waals surface area (Å²) in [5, 5.41) is 0.882. The summed E-state index contributed by atoms with van der Waals surface area (Å²) >= 11 is 3.43. The van der Waals surface area contributed by atoms with E-state index in [0.717, 1.165) is 11.1 Å². The van der Waals surface area contributed by atoms with E-state index in [1.165, 1.54) is 31.2 Å². The third kappa shape index (κ3) is 2.51. The van der Waals surface area contributed by atoms with E-state index >= 15 is 0 Å². The second kappa shape index (κ2) is 4.97. The maximum Gasteiger partial charge on any atom is 0.128 e. The number of aromatic nitrogens is 1. The van der Waals surface area contributed by atoms with Crippen molar-refractivity contribution in [3.63, 3.8) is 0 Å². The van der Waals surface area contributed by atoms with Gasteiger partial charge in [0.1, 0.15) is 5.82 Å². The van der Waals surface area contributed by atoms with Gasteiger partial charge in [0.25, 0.3) is 0 Å². The van der Waals surface area contributed by atoms with Crippen molar-refractivity contribution in [3.8, 4) is 0 Å². The van der Waals surface area contributed by atoms with Crippen LogP contribution in [0.2, 0.25) is 0 Å². The fourth-order valence-electron chi connectivity index (χ4n) is 2.18. The van der Waals surface area contributed by atoms with Crippen molar-refractivity contribution in [2.75, 3.05) is 11.9 Å². The molecule has 1 aliphatic rings. The predicted molar refractivity (Wildman–Crippen MR) is 67.5 cm³/mol. The van der Waals surface area contributed by atoms with Gasteiger partial charge in [0.15, 0.2) is 0 Å². The highest BCUT2D eigenvalue weighted by molar-refractivity contribution is 9.08. The Morgan fingerprint density at radius 1 is 1.40 bits per heavy atom. The number of rotatable bonds is 3. The summed E-state index contributed by atoms with van der Waals surface area (Å²) in [5.74, 6) is 1.10. The van der Waals surface area contributed by atoms with Gasteiger partial charge in [-0.1, -0.05) is 34.8 Å². The van der Waals surface area contributed by atoms with Crippen LogP contribution in [0.15, 0.2) is 18.3 Å². The standard InChI is InChI=1S/C12H17BrN2/c1-15(11-4-2-3-5-11)12-7-6-10(8-13)9-14-12/h6-7,9,11H,2-5,8H2,1H3. The zero-order chi connectivity index (χ0) is 10.7. The summed E-state index contributed by atoms with van der Waals surface area (Å²) in [6, 6.07) is 4.96. The molecule has 1 fully saturated rings. The molecule has 0 saturated heterocycles. The van der Waals surface area contributed by atoms with Crippen LogP contribution in [0.3, 0.4) is 0 Å². The smallest absolute Gasteiger partial charge is 0.128 e. The molecule has 0 unspecified atom stereocenters. The third-order valence-electron chi connectivity index (χ3n) is 3.20. The Labute approximate surface area is 99.8 Å². The molecule has 15 heavy (non-hydrogen) atoms. The molecule has 1 aliphatic carbocycles. The Balaban J connectivity index is 2.07. The van der Waals surface area contributed by atoms with E-state index in [4.69, 9.17) is 0 Å². The van der Waals surface area contributed by atoms with Crippen molar-refractivity contribution < 1.29 is 0 Å². The first kappa shape index (κ1) is 10.9. The number of alkyl halides is 1. The van der Waals surface area contributed by atoms with E-state index in [2.05, 4.69) is 45.0 Å². The van der Waals surface area contributed by atoms with Crippen LogP contribution in [0.1, 0.15) is 31.2 Å². The number of anilines is 1. The maximum atomic E-state index is 4.49. The second-order valence-electron chi connectivity index (χ2n) is 4.21. The molecule has 0 amide bonds. The molecule has 1 saturated carbocycles. The lowest BCUT2D eigenvalue weighted by Gasteiger charge is -2.25. The molecule has 0 spiro atoms. The van der Waals surface area contributed by atoms with Crippen molar-refractivity contribution in [1.29, 1.82) is 0 Å². The van der Waals surface area contributed by atoms with Gasteiger partial charge in [0, 0.05) is 24.6 Å².